The van der Waals surface area contributed by atoms with Crippen molar-refractivity contribution >= 4 is 6.09 Å². The van der Waals surface area contributed by atoms with E-state index < -0.39 is 5.60 Å². The summed E-state index contributed by atoms with van der Waals surface area (Å²) in [5.74, 6) is 0. The summed E-state index contributed by atoms with van der Waals surface area (Å²) >= 11 is 0. The Morgan fingerprint density at radius 3 is 2.77 bits per heavy atom. The van der Waals surface area contributed by atoms with E-state index in [4.69, 9.17) is 9.47 Å². The highest BCUT2D eigenvalue weighted by molar-refractivity contribution is 5.68. The van der Waals surface area contributed by atoms with Gasteiger partial charge in [-0.25, -0.2) is 4.79 Å². The van der Waals surface area contributed by atoms with Crippen molar-refractivity contribution in [3.63, 3.8) is 0 Å². The number of hydrogen-bond donors (Lipinski definition) is 1. The van der Waals surface area contributed by atoms with Gasteiger partial charge in [-0.1, -0.05) is 13.3 Å². The van der Waals surface area contributed by atoms with E-state index in [0.717, 1.165) is 45.4 Å². The van der Waals surface area contributed by atoms with Crippen molar-refractivity contribution in [2.45, 2.75) is 83.6 Å². The maximum Gasteiger partial charge on any atom is 0.410 e. The fourth-order valence-electron chi connectivity index (χ4n) is 3.28. The van der Waals surface area contributed by atoms with Crippen molar-refractivity contribution < 1.29 is 14.3 Å². The summed E-state index contributed by atoms with van der Waals surface area (Å²) in [6.07, 6.45) is 5.71. The molecule has 0 saturated carbocycles. The van der Waals surface area contributed by atoms with Crippen LogP contribution in [0.25, 0.3) is 0 Å². The molecule has 0 aromatic carbocycles. The van der Waals surface area contributed by atoms with Gasteiger partial charge in [0.1, 0.15) is 5.60 Å². The molecule has 0 aromatic rings. The highest BCUT2D eigenvalue weighted by atomic mass is 16.6. The van der Waals surface area contributed by atoms with Crippen molar-refractivity contribution in [2.24, 2.45) is 0 Å². The zero-order valence-electron chi connectivity index (χ0n) is 14.6. The van der Waals surface area contributed by atoms with E-state index in [9.17, 15) is 4.79 Å². The molecule has 2 aliphatic heterocycles. The molecule has 5 nitrogen and oxygen atoms in total. The third kappa shape index (κ3) is 5.43. The number of amides is 1. The summed E-state index contributed by atoms with van der Waals surface area (Å²) in [6, 6.07) is 0.909. The van der Waals surface area contributed by atoms with Crippen LogP contribution < -0.4 is 5.32 Å². The SMILES string of the molecule is CCCC1CC(NC2CCN(C(=O)OC(C)(C)C)C2)CCO1. The van der Waals surface area contributed by atoms with Crippen LogP contribution in [0.1, 0.15) is 59.8 Å². The summed E-state index contributed by atoms with van der Waals surface area (Å²) < 4.78 is 11.3. The predicted molar refractivity (Wildman–Crippen MR) is 87.0 cm³/mol. The second kappa shape index (κ2) is 7.64. The van der Waals surface area contributed by atoms with Crippen LogP contribution >= 0.6 is 0 Å². The Morgan fingerprint density at radius 1 is 1.32 bits per heavy atom. The molecule has 1 N–H and O–H groups in total. The molecule has 0 bridgehead atoms. The summed E-state index contributed by atoms with van der Waals surface area (Å²) in [4.78, 5) is 13.9. The lowest BCUT2D eigenvalue weighted by atomic mass is 9.99. The largest absolute Gasteiger partial charge is 0.444 e. The van der Waals surface area contributed by atoms with Gasteiger partial charge >= 0.3 is 6.09 Å². The second-order valence-corrected chi connectivity index (χ2v) is 7.58. The van der Waals surface area contributed by atoms with Crippen LogP contribution in [-0.4, -0.2) is 54.5 Å². The second-order valence-electron chi connectivity index (χ2n) is 7.58. The molecule has 2 aliphatic rings. The van der Waals surface area contributed by atoms with Crippen LogP contribution in [0.3, 0.4) is 0 Å². The van der Waals surface area contributed by atoms with E-state index >= 15 is 0 Å². The van der Waals surface area contributed by atoms with Gasteiger partial charge in [-0.2, -0.15) is 0 Å². The van der Waals surface area contributed by atoms with Crippen LogP contribution in [0, 0.1) is 0 Å². The Hall–Kier alpha value is -0.810. The van der Waals surface area contributed by atoms with Gasteiger partial charge in [0.15, 0.2) is 0 Å². The molecule has 0 aliphatic carbocycles. The van der Waals surface area contributed by atoms with Crippen LogP contribution in [0.5, 0.6) is 0 Å². The predicted octanol–water partition coefficient (Wildman–Crippen LogP) is 2.93. The van der Waals surface area contributed by atoms with Crippen molar-refractivity contribution in [2.75, 3.05) is 19.7 Å². The molecule has 3 atom stereocenters. The number of ether oxygens (including phenoxy) is 2. The minimum atomic E-state index is -0.420. The molecule has 0 spiro atoms. The molecular formula is C17H32N2O3. The molecule has 0 aromatic heterocycles. The first-order valence-corrected chi connectivity index (χ1v) is 8.73. The van der Waals surface area contributed by atoms with Gasteiger partial charge in [0.25, 0.3) is 0 Å². The Morgan fingerprint density at radius 2 is 2.09 bits per heavy atom. The lowest BCUT2D eigenvalue weighted by Gasteiger charge is -2.32. The topological polar surface area (TPSA) is 50.8 Å². The van der Waals surface area contributed by atoms with Crippen LogP contribution in [-0.2, 0) is 9.47 Å². The first kappa shape index (κ1) is 17.5. The van der Waals surface area contributed by atoms with Gasteiger partial charge in [-0.15, -0.1) is 0 Å². The van der Waals surface area contributed by atoms with E-state index in [1.165, 1.54) is 6.42 Å². The molecule has 2 heterocycles. The zero-order valence-corrected chi connectivity index (χ0v) is 14.6. The Bertz CT molecular complexity index is 365. The third-order valence-corrected chi connectivity index (χ3v) is 4.29. The maximum absolute atomic E-state index is 12.1. The fourth-order valence-corrected chi connectivity index (χ4v) is 3.28. The van der Waals surface area contributed by atoms with Crippen LogP contribution in [0.2, 0.25) is 0 Å². The normalized spacial score (nSPS) is 29.6. The van der Waals surface area contributed by atoms with Crippen molar-refractivity contribution in [1.82, 2.24) is 10.2 Å². The van der Waals surface area contributed by atoms with Gasteiger partial charge in [0.2, 0.25) is 0 Å². The molecule has 0 radical (unpaired) electrons. The average Bonchev–Trinajstić information content (AvgIpc) is 2.86. The van der Waals surface area contributed by atoms with Crippen LogP contribution in [0.15, 0.2) is 0 Å². The van der Waals surface area contributed by atoms with Gasteiger partial charge in [0, 0.05) is 31.8 Å². The first-order chi connectivity index (χ1) is 10.4. The van der Waals surface area contributed by atoms with E-state index in [0.29, 0.717) is 18.2 Å². The number of carbonyl (C=O) groups is 1. The quantitative estimate of drug-likeness (QED) is 0.867. The number of hydrogen-bond acceptors (Lipinski definition) is 4. The average molecular weight is 312 g/mol. The van der Waals surface area contributed by atoms with Crippen molar-refractivity contribution in [3.8, 4) is 0 Å². The molecule has 5 heteroatoms. The number of nitrogens with zero attached hydrogens (tertiary/aromatic N) is 1. The molecule has 128 valence electrons. The van der Waals surface area contributed by atoms with Crippen LogP contribution in [0.4, 0.5) is 4.79 Å². The van der Waals surface area contributed by atoms with Gasteiger partial charge in [0.05, 0.1) is 6.10 Å². The monoisotopic (exact) mass is 312 g/mol. The molecule has 2 rings (SSSR count). The fraction of sp³-hybridized carbons (Fsp3) is 0.941. The summed E-state index contributed by atoms with van der Waals surface area (Å²) in [5.41, 5.74) is -0.420. The molecular weight excluding hydrogens is 280 g/mol. The Balaban J connectivity index is 1.75. The third-order valence-electron chi connectivity index (χ3n) is 4.29. The van der Waals surface area contributed by atoms with E-state index in [-0.39, 0.29) is 6.09 Å². The molecule has 1 amide bonds. The van der Waals surface area contributed by atoms with Gasteiger partial charge in [-0.3, -0.25) is 0 Å². The van der Waals surface area contributed by atoms with Crippen molar-refractivity contribution in [1.29, 1.82) is 0 Å². The molecule has 3 unspecified atom stereocenters. The number of rotatable bonds is 4. The zero-order chi connectivity index (χ0) is 16.2. The number of likely N-dealkylation sites (tertiary alicyclic amines) is 1. The van der Waals surface area contributed by atoms with Crippen molar-refractivity contribution in [3.05, 3.63) is 0 Å². The summed E-state index contributed by atoms with van der Waals surface area (Å²) in [5, 5.41) is 3.72. The Labute approximate surface area is 134 Å². The summed E-state index contributed by atoms with van der Waals surface area (Å²) in [6.45, 7) is 10.3. The number of carbonyl (C=O) groups excluding carboxylic acids is 1. The summed E-state index contributed by atoms with van der Waals surface area (Å²) in [7, 11) is 0. The lowest BCUT2D eigenvalue weighted by molar-refractivity contribution is -0.00510. The highest BCUT2D eigenvalue weighted by Crippen LogP contribution is 2.21. The van der Waals surface area contributed by atoms with E-state index in [1.54, 1.807) is 0 Å². The number of nitrogens with one attached hydrogen (secondary N) is 1. The Kier molecular flexibility index (Phi) is 6.09. The van der Waals surface area contributed by atoms with E-state index in [2.05, 4.69) is 12.2 Å². The highest BCUT2D eigenvalue weighted by Gasteiger charge is 2.32. The molecule has 22 heavy (non-hydrogen) atoms. The molecule has 2 fully saturated rings. The van der Waals surface area contributed by atoms with Gasteiger partial charge in [-0.05, 0) is 46.5 Å². The van der Waals surface area contributed by atoms with E-state index in [1.807, 2.05) is 25.7 Å². The lowest BCUT2D eigenvalue weighted by Crippen LogP contribution is -2.45. The van der Waals surface area contributed by atoms with Gasteiger partial charge < -0.3 is 19.7 Å². The minimum absolute atomic E-state index is 0.187. The first-order valence-electron chi connectivity index (χ1n) is 8.73. The smallest absolute Gasteiger partial charge is 0.410 e. The molecule has 2 saturated heterocycles. The minimum Gasteiger partial charge on any atom is -0.444 e. The maximum atomic E-state index is 12.1. The standard InChI is InChI=1S/C17H32N2O3/c1-5-6-15-11-13(8-10-21-15)18-14-7-9-19(12-14)16(20)22-17(2,3)4/h13-15,18H,5-12H2,1-4H3.